The molecule has 1 amide bonds. The Morgan fingerprint density at radius 3 is 2.36 bits per heavy atom. The van der Waals surface area contributed by atoms with Crippen LogP contribution in [-0.4, -0.2) is 49.9 Å². The molecule has 1 aliphatic heterocycles. The van der Waals surface area contributed by atoms with E-state index in [1.54, 1.807) is 7.11 Å². The number of anilines is 1. The molecule has 0 unspecified atom stereocenters. The summed E-state index contributed by atoms with van der Waals surface area (Å²) in [6, 6.07) is 13.7. The minimum Gasteiger partial charge on any atom is -0.497 e. The van der Waals surface area contributed by atoms with E-state index in [2.05, 4.69) is 11.0 Å². The van der Waals surface area contributed by atoms with Crippen LogP contribution in [-0.2, 0) is 4.79 Å². The number of ketones is 1. The predicted molar refractivity (Wildman–Crippen MR) is 111 cm³/mol. The zero-order valence-corrected chi connectivity index (χ0v) is 16.9. The van der Waals surface area contributed by atoms with Crippen LogP contribution in [0.3, 0.4) is 0 Å². The highest BCUT2D eigenvalue weighted by Crippen LogP contribution is 2.22. The maximum atomic E-state index is 12.5. The molecule has 2 aromatic rings. The van der Waals surface area contributed by atoms with E-state index in [1.807, 2.05) is 55.1 Å². The van der Waals surface area contributed by atoms with Gasteiger partial charge >= 0.3 is 0 Å². The number of rotatable bonds is 6. The molecule has 148 valence electrons. The molecular formula is C23H28N2O3. The zero-order valence-electron chi connectivity index (χ0n) is 16.9. The van der Waals surface area contributed by atoms with E-state index in [0.717, 1.165) is 30.1 Å². The highest BCUT2D eigenvalue weighted by atomic mass is 16.5. The van der Waals surface area contributed by atoms with Crippen LogP contribution in [0.2, 0.25) is 0 Å². The Kier molecular flexibility index (Phi) is 6.34. The smallest absolute Gasteiger partial charge is 0.223 e. The van der Waals surface area contributed by atoms with Crippen LogP contribution in [0.5, 0.6) is 5.75 Å². The molecule has 1 aliphatic rings. The van der Waals surface area contributed by atoms with Crippen LogP contribution in [0.15, 0.2) is 42.5 Å². The van der Waals surface area contributed by atoms with E-state index in [4.69, 9.17) is 4.74 Å². The van der Waals surface area contributed by atoms with E-state index in [9.17, 15) is 9.59 Å². The Morgan fingerprint density at radius 1 is 0.929 bits per heavy atom. The van der Waals surface area contributed by atoms with Crippen LogP contribution in [0.1, 0.15) is 34.3 Å². The summed E-state index contributed by atoms with van der Waals surface area (Å²) in [6.45, 7) is 6.94. The number of carbonyl (C=O) groups excluding carboxylic acids is 2. The molecule has 2 aromatic carbocycles. The quantitative estimate of drug-likeness (QED) is 0.718. The average molecular weight is 380 g/mol. The molecule has 1 heterocycles. The van der Waals surface area contributed by atoms with Crippen LogP contribution in [0, 0.1) is 13.8 Å². The van der Waals surface area contributed by atoms with Gasteiger partial charge in [-0.3, -0.25) is 9.59 Å². The maximum Gasteiger partial charge on any atom is 0.223 e. The van der Waals surface area contributed by atoms with Crippen molar-refractivity contribution in [3.63, 3.8) is 0 Å². The number of hydrogen-bond acceptors (Lipinski definition) is 4. The van der Waals surface area contributed by atoms with Crippen molar-refractivity contribution in [2.24, 2.45) is 0 Å². The third-order valence-corrected chi connectivity index (χ3v) is 5.45. The van der Waals surface area contributed by atoms with Crippen molar-refractivity contribution in [2.75, 3.05) is 38.2 Å². The summed E-state index contributed by atoms with van der Waals surface area (Å²) in [5.74, 6) is 0.926. The van der Waals surface area contributed by atoms with Crippen LogP contribution in [0.4, 0.5) is 5.69 Å². The first-order valence-corrected chi connectivity index (χ1v) is 9.75. The molecule has 0 atom stereocenters. The standard InChI is InChI=1S/C23H28N2O3/c1-17-7-8-19(15-18(17)2)22(26)9-10-23(27)25-13-11-24(12-14-25)20-5-4-6-21(16-20)28-3/h4-8,15-16H,9-14H2,1-3H3. The molecule has 0 spiro atoms. The van der Waals surface area contributed by atoms with Crippen molar-refractivity contribution in [2.45, 2.75) is 26.7 Å². The molecule has 5 nitrogen and oxygen atoms in total. The van der Waals surface area contributed by atoms with Gasteiger partial charge in [-0.2, -0.15) is 0 Å². The molecule has 0 bridgehead atoms. The molecule has 5 heteroatoms. The van der Waals surface area contributed by atoms with Gasteiger partial charge in [0.15, 0.2) is 5.78 Å². The van der Waals surface area contributed by atoms with Crippen molar-refractivity contribution in [3.8, 4) is 5.75 Å². The van der Waals surface area contributed by atoms with Gasteiger partial charge in [-0.15, -0.1) is 0 Å². The summed E-state index contributed by atoms with van der Waals surface area (Å²) in [5.41, 5.74) is 4.07. The molecule has 3 rings (SSSR count). The number of ether oxygens (including phenoxy) is 1. The lowest BCUT2D eigenvalue weighted by Gasteiger charge is -2.36. The third-order valence-electron chi connectivity index (χ3n) is 5.45. The summed E-state index contributed by atoms with van der Waals surface area (Å²) >= 11 is 0. The second-order valence-corrected chi connectivity index (χ2v) is 7.29. The highest BCUT2D eigenvalue weighted by molar-refractivity contribution is 5.98. The van der Waals surface area contributed by atoms with Crippen molar-refractivity contribution in [3.05, 3.63) is 59.2 Å². The Bertz CT molecular complexity index is 855. The van der Waals surface area contributed by atoms with Crippen molar-refractivity contribution in [1.82, 2.24) is 4.90 Å². The van der Waals surface area contributed by atoms with E-state index in [0.29, 0.717) is 18.7 Å². The number of benzene rings is 2. The van der Waals surface area contributed by atoms with Gasteiger partial charge in [-0.05, 0) is 43.2 Å². The van der Waals surface area contributed by atoms with Gasteiger partial charge < -0.3 is 14.5 Å². The fraction of sp³-hybridized carbons (Fsp3) is 0.391. The second kappa shape index (κ2) is 8.91. The Labute approximate surface area is 166 Å². The second-order valence-electron chi connectivity index (χ2n) is 7.29. The number of piperazine rings is 1. The van der Waals surface area contributed by atoms with Gasteiger partial charge in [0.25, 0.3) is 0 Å². The Hall–Kier alpha value is -2.82. The van der Waals surface area contributed by atoms with Gasteiger partial charge in [0, 0.05) is 56.3 Å². The molecule has 0 radical (unpaired) electrons. The van der Waals surface area contributed by atoms with Crippen LogP contribution in [0.25, 0.3) is 0 Å². The summed E-state index contributed by atoms with van der Waals surface area (Å²) in [4.78, 5) is 29.1. The first-order chi connectivity index (χ1) is 13.5. The lowest BCUT2D eigenvalue weighted by molar-refractivity contribution is -0.131. The summed E-state index contributed by atoms with van der Waals surface area (Å²) in [6.07, 6.45) is 0.530. The first-order valence-electron chi connectivity index (χ1n) is 9.75. The summed E-state index contributed by atoms with van der Waals surface area (Å²) in [7, 11) is 1.66. The van der Waals surface area contributed by atoms with Crippen molar-refractivity contribution in [1.29, 1.82) is 0 Å². The number of hydrogen-bond donors (Lipinski definition) is 0. The van der Waals surface area contributed by atoms with Crippen molar-refractivity contribution < 1.29 is 14.3 Å². The summed E-state index contributed by atoms with van der Waals surface area (Å²) < 4.78 is 5.29. The topological polar surface area (TPSA) is 49.9 Å². The lowest BCUT2D eigenvalue weighted by atomic mass is 10.0. The fourth-order valence-corrected chi connectivity index (χ4v) is 3.46. The number of aryl methyl sites for hydroxylation is 2. The monoisotopic (exact) mass is 380 g/mol. The molecule has 28 heavy (non-hydrogen) atoms. The van der Waals surface area contributed by atoms with E-state index in [-0.39, 0.29) is 24.5 Å². The number of nitrogens with zero attached hydrogens (tertiary/aromatic N) is 2. The van der Waals surface area contributed by atoms with Gasteiger partial charge in [0.1, 0.15) is 5.75 Å². The normalized spacial score (nSPS) is 14.1. The first kappa shape index (κ1) is 19.9. The third kappa shape index (κ3) is 4.71. The van der Waals surface area contributed by atoms with Gasteiger partial charge in [0.2, 0.25) is 5.91 Å². The highest BCUT2D eigenvalue weighted by Gasteiger charge is 2.22. The van der Waals surface area contributed by atoms with E-state index in [1.165, 1.54) is 5.56 Å². The number of methoxy groups -OCH3 is 1. The maximum absolute atomic E-state index is 12.5. The number of carbonyl (C=O) groups is 2. The van der Waals surface area contributed by atoms with E-state index < -0.39 is 0 Å². The van der Waals surface area contributed by atoms with E-state index >= 15 is 0 Å². The van der Waals surface area contributed by atoms with Gasteiger partial charge in [-0.25, -0.2) is 0 Å². The van der Waals surface area contributed by atoms with Gasteiger partial charge in [-0.1, -0.05) is 18.2 Å². The predicted octanol–water partition coefficient (Wildman–Crippen LogP) is 3.62. The van der Waals surface area contributed by atoms with Gasteiger partial charge in [0.05, 0.1) is 7.11 Å². The number of amides is 1. The largest absolute Gasteiger partial charge is 0.497 e. The Balaban J connectivity index is 1.49. The summed E-state index contributed by atoms with van der Waals surface area (Å²) in [5, 5.41) is 0. The molecule has 1 fully saturated rings. The lowest BCUT2D eigenvalue weighted by Crippen LogP contribution is -2.48. The number of Topliss-reactive ketones (excluding diaryl/α,β-unsaturated/α-hetero) is 1. The Morgan fingerprint density at radius 2 is 1.68 bits per heavy atom. The molecule has 0 N–H and O–H groups in total. The molecule has 0 aliphatic carbocycles. The SMILES string of the molecule is COc1cccc(N2CCN(C(=O)CCC(=O)c3ccc(C)c(C)c3)CC2)c1. The average Bonchev–Trinajstić information content (AvgIpc) is 2.73. The van der Waals surface area contributed by atoms with Crippen molar-refractivity contribution >= 4 is 17.4 Å². The fourth-order valence-electron chi connectivity index (χ4n) is 3.46. The molecular weight excluding hydrogens is 352 g/mol. The minimum atomic E-state index is 0.0338. The molecule has 0 aromatic heterocycles. The van der Waals surface area contributed by atoms with Crippen LogP contribution >= 0.6 is 0 Å². The minimum absolute atomic E-state index is 0.0338. The van der Waals surface area contributed by atoms with Crippen LogP contribution < -0.4 is 9.64 Å². The molecule has 1 saturated heterocycles. The molecule has 0 saturated carbocycles. The zero-order chi connectivity index (χ0) is 20.1.